The van der Waals surface area contributed by atoms with E-state index in [0.717, 1.165) is 11.8 Å². The van der Waals surface area contributed by atoms with Gasteiger partial charge < -0.3 is 4.90 Å². The number of likely N-dealkylation sites (tertiary alicyclic amines) is 1. The van der Waals surface area contributed by atoms with Crippen molar-refractivity contribution in [2.75, 3.05) is 24.6 Å². The minimum absolute atomic E-state index is 0.0922. The summed E-state index contributed by atoms with van der Waals surface area (Å²) in [5.41, 5.74) is 0. The molecule has 110 valence electrons. The van der Waals surface area contributed by atoms with Gasteiger partial charge in [-0.3, -0.25) is 19.3 Å². The Morgan fingerprint density at radius 2 is 1.95 bits per heavy atom. The Balaban J connectivity index is 1.41. The Morgan fingerprint density at radius 1 is 1.25 bits per heavy atom. The first-order valence-electron chi connectivity index (χ1n) is 7.03. The maximum atomic E-state index is 12.0. The highest BCUT2D eigenvalue weighted by molar-refractivity contribution is 8.14. The molecule has 0 atom stereocenters. The number of carbonyl (C=O) groups is 3. The summed E-state index contributed by atoms with van der Waals surface area (Å²) in [6.45, 7) is 1.03. The van der Waals surface area contributed by atoms with Crippen LogP contribution in [0.2, 0.25) is 0 Å². The van der Waals surface area contributed by atoms with Crippen molar-refractivity contribution in [2.45, 2.75) is 37.0 Å². The molecule has 2 saturated heterocycles. The normalized spacial score (nSPS) is 24.6. The molecular formula is C13H18N2O3S2. The number of rotatable bonds is 4. The van der Waals surface area contributed by atoms with Crippen LogP contribution in [-0.4, -0.2) is 62.7 Å². The van der Waals surface area contributed by atoms with Crippen molar-refractivity contribution < 1.29 is 14.4 Å². The molecule has 0 bridgehead atoms. The minimum atomic E-state index is -0.160. The van der Waals surface area contributed by atoms with Crippen LogP contribution in [0.4, 0.5) is 4.79 Å². The van der Waals surface area contributed by atoms with Gasteiger partial charge in [0.2, 0.25) is 11.8 Å². The summed E-state index contributed by atoms with van der Waals surface area (Å²) < 4.78 is 0. The summed E-state index contributed by atoms with van der Waals surface area (Å²) in [6.07, 6.45) is 5.03. The highest BCUT2D eigenvalue weighted by Crippen LogP contribution is 2.30. The molecule has 3 fully saturated rings. The second kappa shape index (κ2) is 5.97. The van der Waals surface area contributed by atoms with Gasteiger partial charge in [0.25, 0.3) is 5.24 Å². The number of amides is 3. The molecule has 0 N–H and O–H groups in total. The number of hydrogen-bond acceptors (Lipinski definition) is 5. The molecule has 0 aromatic rings. The maximum absolute atomic E-state index is 12.0. The smallest absolute Gasteiger partial charge is 0.289 e. The van der Waals surface area contributed by atoms with E-state index in [1.54, 1.807) is 16.7 Å². The van der Waals surface area contributed by atoms with E-state index >= 15 is 0 Å². The molecule has 0 aromatic carbocycles. The van der Waals surface area contributed by atoms with Gasteiger partial charge in [0.1, 0.15) is 0 Å². The Bertz CT molecular complexity index is 415. The summed E-state index contributed by atoms with van der Waals surface area (Å²) in [4.78, 5) is 38.2. The lowest BCUT2D eigenvalue weighted by Crippen LogP contribution is -2.62. The van der Waals surface area contributed by atoms with Crippen molar-refractivity contribution in [2.24, 2.45) is 0 Å². The van der Waals surface area contributed by atoms with Gasteiger partial charge in [-0.1, -0.05) is 24.6 Å². The Labute approximate surface area is 126 Å². The molecule has 0 spiro atoms. The molecule has 3 rings (SSSR count). The third-order valence-corrected chi connectivity index (χ3v) is 6.30. The summed E-state index contributed by atoms with van der Waals surface area (Å²) in [6, 6.07) is -0.0922. The van der Waals surface area contributed by atoms with Crippen molar-refractivity contribution in [3.63, 3.8) is 0 Å². The van der Waals surface area contributed by atoms with Crippen molar-refractivity contribution in [3.8, 4) is 0 Å². The van der Waals surface area contributed by atoms with E-state index in [-0.39, 0.29) is 28.8 Å². The van der Waals surface area contributed by atoms with E-state index < -0.39 is 0 Å². The van der Waals surface area contributed by atoms with E-state index in [1.165, 1.54) is 30.6 Å². The van der Waals surface area contributed by atoms with Crippen LogP contribution in [-0.2, 0) is 9.59 Å². The summed E-state index contributed by atoms with van der Waals surface area (Å²) in [5, 5.41) is 0.488. The first-order valence-corrected chi connectivity index (χ1v) is 9.07. The van der Waals surface area contributed by atoms with E-state index in [4.69, 9.17) is 0 Å². The van der Waals surface area contributed by atoms with E-state index in [0.29, 0.717) is 24.1 Å². The highest BCUT2D eigenvalue weighted by Gasteiger charge is 2.43. The zero-order valence-corrected chi connectivity index (χ0v) is 12.9. The monoisotopic (exact) mass is 314 g/mol. The molecule has 0 radical (unpaired) electrons. The molecule has 1 aliphatic carbocycles. The van der Waals surface area contributed by atoms with Crippen LogP contribution in [0.25, 0.3) is 0 Å². The zero-order chi connectivity index (χ0) is 14.1. The van der Waals surface area contributed by atoms with Gasteiger partial charge in [-0.05, 0) is 12.8 Å². The van der Waals surface area contributed by atoms with Gasteiger partial charge in [-0.2, -0.15) is 0 Å². The van der Waals surface area contributed by atoms with Crippen LogP contribution in [0.1, 0.15) is 25.7 Å². The fourth-order valence-corrected chi connectivity index (χ4v) is 4.88. The highest BCUT2D eigenvalue weighted by atomic mass is 32.2. The number of carbonyl (C=O) groups excluding carboxylic acids is 3. The molecule has 7 heteroatoms. The van der Waals surface area contributed by atoms with Gasteiger partial charge in [-0.15, -0.1) is 11.8 Å². The molecule has 2 aliphatic heterocycles. The van der Waals surface area contributed by atoms with Crippen LogP contribution >= 0.6 is 23.5 Å². The van der Waals surface area contributed by atoms with E-state index in [2.05, 4.69) is 0 Å². The van der Waals surface area contributed by atoms with Crippen molar-refractivity contribution >= 4 is 40.6 Å². The average molecular weight is 314 g/mol. The lowest BCUT2D eigenvalue weighted by molar-refractivity contribution is -0.139. The van der Waals surface area contributed by atoms with Crippen LogP contribution in [0.15, 0.2) is 0 Å². The fourth-order valence-electron chi connectivity index (χ4n) is 2.87. The molecule has 1 saturated carbocycles. The Morgan fingerprint density at radius 3 is 2.55 bits per heavy atom. The van der Waals surface area contributed by atoms with Gasteiger partial charge in [0, 0.05) is 18.3 Å². The Kier molecular flexibility index (Phi) is 4.26. The largest absolute Gasteiger partial charge is 0.338 e. The SMILES string of the molecule is O=C(CSC1CCCC1)N1CC(N2C(=O)CSC2=O)C1. The molecule has 0 unspecified atom stereocenters. The lowest BCUT2D eigenvalue weighted by Gasteiger charge is -2.42. The summed E-state index contributed by atoms with van der Waals surface area (Å²) >= 11 is 2.82. The van der Waals surface area contributed by atoms with Gasteiger partial charge in [0.15, 0.2) is 0 Å². The van der Waals surface area contributed by atoms with E-state index in [1.807, 2.05) is 0 Å². The third-order valence-electron chi connectivity index (χ3n) is 4.11. The first-order chi connectivity index (χ1) is 9.65. The van der Waals surface area contributed by atoms with Crippen LogP contribution in [0, 0.1) is 0 Å². The van der Waals surface area contributed by atoms with Crippen LogP contribution < -0.4 is 0 Å². The van der Waals surface area contributed by atoms with Crippen molar-refractivity contribution in [3.05, 3.63) is 0 Å². The second-order valence-corrected chi connectivity index (χ2v) is 7.70. The lowest BCUT2D eigenvalue weighted by atomic mass is 10.1. The standard InChI is InChI=1S/C13H18N2O3S2/c16-11(7-19-10-3-1-2-4-10)14-5-9(6-14)15-12(17)8-20-13(15)18/h9-10H,1-8H2. The third kappa shape index (κ3) is 2.83. The number of hydrogen-bond donors (Lipinski definition) is 0. The number of nitrogens with zero attached hydrogens (tertiary/aromatic N) is 2. The zero-order valence-electron chi connectivity index (χ0n) is 11.2. The van der Waals surface area contributed by atoms with Crippen molar-refractivity contribution in [1.29, 1.82) is 0 Å². The molecular weight excluding hydrogens is 296 g/mol. The number of imide groups is 1. The molecule has 0 aromatic heterocycles. The predicted molar refractivity (Wildman–Crippen MR) is 79.8 cm³/mol. The molecule has 3 amide bonds. The predicted octanol–water partition coefficient (Wildman–Crippen LogP) is 1.57. The number of thioether (sulfide) groups is 2. The molecule has 20 heavy (non-hydrogen) atoms. The molecule has 3 aliphatic rings. The minimum Gasteiger partial charge on any atom is -0.338 e. The average Bonchev–Trinajstić information content (AvgIpc) is 2.99. The van der Waals surface area contributed by atoms with Crippen molar-refractivity contribution in [1.82, 2.24) is 9.80 Å². The fraction of sp³-hybridized carbons (Fsp3) is 0.769. The van der Waals surface area contributed by atoms with E-state index in [9.17, 15) is 14.4 Å². The van der Waals surface area contributed by atoms with Gasteiger partial charge >= 0.3 is 0 Å². The molecule has 5 nitrogen and oxygen atoms in total. The first kappa shape index (κ1) is 14.3. The summed E-state index contributed by atoms with van der Waals surface area (Å²) in [7, 11) is 0. The van der Waals surface area contributed by atoms with Crippen LogP contribution in [0.3, 0.4) is 0 Å². The Hall–Kier alpha value is -0.690. The summed E-state index contributed by atoms with van der Waals surface area (Å²) in [5.74, 6) is 0.816. The topological polar surface area (TPSA) is 57.7 Å². The second-order valence-electron chi connectivity index (χ2n) is 5.49. The van der Waals surface area contributed by atoms with Gasteiger partial charge in [-0.25, -0.2) is 0 Å². The quantitative estimate of drug-likeness (QED) is 0.788. The maximum Gasteiger partial charge on any atom is 0.289 e. The molecule has 2 heterocycles. The van der Waals surface area contributed by atoms with Crippen LogP contribution in [0.5, 0.6) is 0 Å². The van der Waals surface area contributed by atoms with Gasteiger partial charge in [0.05, 0.1) is 17.5 Å².